The van der Waals surface area contributed by atoms with E-state index >= 15 is 0 Å². The first-order valence-corrected chi connectivity index (χ1v) is 10.7. The first-order chi connectivity index (χ1) is 15.5. The van der Waals surface area contributed by atoms with E-state index in [9.17, 15) is 19.2 Å². The van der Waals surface area contributed by atoms with Crippen LogP contribution in [0.1, 0.15) is 25.5 Å². The number of aliphatic imine (C=N–C) groups is 1. The molecule has 4 unspecified atom stereocenters. The van der Waals surface area contributed by atoms with Crippen molar-refractivity contribution in [3.8, 4) is 0 Å². The van der Waals surface area contributed by atoms with Crippen LogP contribution in [0, 0.1) is 0 Å². The molecule has 0 spiro atoms. The van der Waals surface area contributed by atoms with Crippen LogP contribution in [0.15, 0.2) is 17.5 Å². The van der Waals surface area contributed by atoms with Gasteiger partial charge >= 0.3 is 5.97 Å². The fourth-order valence-electron chi connectivity index (χ4n) is 2.60. The largest absolute Gasteiger partial charge is 0.480 e. The number of nitrogens with one attached hydrogen (secondary N) is 4. The van der Waals surface area contributed by atoms with Crippen molar-refractivity contribution in [2.75, 3.05) is 12.3 Å². The van der Waals surface area contributed by atoms with Crippen LogP contribution in [0.3, 0.4) is 0 Å². The Morgan fingerprint density at radius 3 is 2.33 bits per heavy atom. The van der Waals surface area contributed by atoms with Crippen molar-refractivity contribution < 1.29 is 24.3 Å². The molecular weight excluding hydrogens is 454 g/mol. The number of nitrogens with two attached hydrogens (primary N) is 3. The topological polar surface area (TPSA) is 244 Å². The molecule has 1 heterocycles. The van der Waals surface area contributed by atoms with Crippen LogP contribution in [0.2, 0.25) is 0 Å². The van der Waals surface area contributed by atoms with Gasteiger partial charge < -0.3 is 43.2 Å². The zero-order valence-corrected chi connectivity index (χ0v) is 19.0. The normalized spacial score (nSPS) is 14.3. The summed E-state index contributed by atoms with van der Waals surface area (Å²) in [4.78, 5) is 59.2. The van der Waals surface area contributed by atoms with Crippen molar-refractivity contribution in [1.82, 2.24) is 25.9 Å². The lowest BCUT2D eigenvalue weighted by Gasteiger charge is -2.23. The Labute approximate surface area is 195 Å². The van der Waals surface area contributed by atoms with Crippen molar-refractivity contribution in [1.29, 1.82) is 0 Å². The van der Waals surface area contributed by atoms with Gasteiger partial charge in [0.25, 0.3) is 0 Å². The van der Waals surface area contributed by atoms with Crippen LogP contribution in [-0.2, 0) is 25.6 Å². The van der Waals surface area contributed by atoms with Crippen LogP contribution in [0.4, 0.5) is 0 Å². The molecule has 3 amide bonds. The van der Waals surface area contributed by atoms with E-state index in [-0.39, 0.29) is 24.6 Å². The van der Waals surface area contributed by atoms with E-state index in [4.69, 9.17) is 22.3 Å². The number of hydrogen-bond acceptors (Lipinski definition) is 8. The summed E-state index contributed by atoms with van der Waals surface area (Å²) in [6.45, 7) is 1.59. The maximum atomic E-state index is 12.9. The highest BCUT2D eigenvalue weighted by Crippen LogP contribution is 2.03. The second kappa shape index (κ2) is 13.9. The van der Waals surface area contributed by atoms with Crippen LogP contribution >= 0.6 is 12.6 Å². The van der Waals surface area contributed by atoms with Gasteiger partial charge in [0.05, 0.1) is 12.4 Å². The summed E-state index contributed by atoms with van der Waals surface area (Å²) < 4.78 is 0. The summed E-state index contributed by atoms with van der Waals surface area (Å²) in [5, 5.41) is 16.3. The molecule has 1 aromatic rings. The number of aliphatic carboxylic acids is 1. The number of aromatic amines is 1. The molecule has 4 atom stereocenters. The highest BCUT2D eigenvalue weighted by Gasteiger charge is 2.29. The zero-order valence-electron chi connectivity index (χ0n) is 18.2. The lowest BCUT2D eigenvalue weighted by atomic mass is 10.1. The van der Waals surface area contributed by atoms with Crippen molar-refractivity contribution in [3.05, 3.63) is 18.2 Å². The number of H-pyrrole nitrogens is 1. The highest BCUT2D eigenvalue weighted by atomic mass is 32.1. The molecule has 1 rings (SSSR count). The molecule has 0 bridgehead atoms. The molecule has 14 nitrogen and oxygen atoms in total. The maximum Gasteiger partial charge on any atom is 0.325 e. The number of carboxylic acids is 1. The Morgan fingerprint density at radius 1 is 1.15 bits per heavy atom. The van der Waals surface area contributed by atoms with Gasteiger partial charge in [0, 0.05) is 30.6 Å². The van der Waals surface area contributed by atoms with E-state index in [1.165, 1.54) is 19.4 Å². The molecule has 0 aliphatic heterocycles. The lowest BCUT2D eigenvalue weighted by Crippen LogP contribution is -2.58. The minimum absolute atomic E-state index is 0.0464. The number of carbonyl (C=O) groups is 4. The number of hydrogen-bond donors (Lipinski definition) is 9. The number of amides is 3. The number of carbonyl (C=O) groups excluding carboxylic acids is 3. The Kier molecular flexibility index (Phi) is 11.7. The van der Waals surface area contributed by atoms with Gasteiger partial charge in [0.15, 0.2) is 5.96 Å². The summed E-state index contributed by atoms with van der Waals surface area (Å²) >= 11 is 4.05. The number of nitrogens with zero attached hydrogens (tertiary/aromatic N) is 2. The summed E-state index contributed by atoms with van der Waals surface area (Å²) in [7, 11) is 0. The van der Waals surface area contributed by atoms with Crippen LogP contribution in [-0.4, -0.2) is 81.2 Å². The van der Waals surface area contributed by atoms with Gasteiger partial charge in [0.1, 0.15) is 18.1 Å². The minimum Gasteiger partial charge on any atom is -0.480 e. The molecule has 1 aromatic heterocycles. The van der Waals surface area contributed by atoms with E-state index in [1.54, 1.807) is 0 Å². The SMILES string of the molecule is CC(NC(=O)C(CS)NC(=O)C(Cc1cnc[nH]1)NC(=O)C(N)CCCN=C(N)N)C(=O)O. The third-order valence-electron chi connectivity index (χ3n) is 4.46. The fourth-order valence-corrected chi connectivity index (χ4v) is 2.85. The average Bonchev–Trinajstić information content (AvgIpc) is 3.26. The van der Waals surface area contributed by atoms with Crippen molar-refractivity contribution >= 4 is 42.3 Å². The van der Waals surface area contributed by atoms with Gasteiger partial charge in [-0.1, -0.05) is 0 Å². The van der Waals surface area contributed by atoms with Crippen molar-refractivity contribution in [2.45, 2.75) is 50.4 Å². The molecule has 0 fully saturated rings. The number of guanidine groups is 1. The summed E-state index contributed by atoms with van der Waals surface area (Å²) in [6, 6.07) is -4.29. The van der Waals surface area contributed by atoms with Gasteiger partial charge in [0.2, 0.25) is 17.7 Å². The highest BCUT2D eigenvalue weighted by molar-refractivity contribution is 7.80. The summed E-state index contributed by atoms with van der Waals surface area (Å²) in [5.41, 5.74) is 17.0. The molecule has 0 saturated carbocycles. The number of rotatable bonds is 14. The van der Waals surface area contributed by atoms with Gasteiger partial charge in [-0.25, -0.2) is 4.98 Å². The Hall–Kier alpha value is -3.33. The van der Waals surface area contributed by atoms with Crippen molar-refractivity contribution in [2.24, 2.45) is 22.2 Å². The van der Waals surface area contributed by atoms with Gasteiger partial charge in [-0.15, -0.1) is 0 Å². The monoisotopic (exact) mass is 485 g/mol. The van der Waals surface area contributed by atoms with E-state index in [1.807, 2.05) is 0 Å². The fraction of sp³-hybridized carbons (Fsp3) is 0.556. The van der Waals surface area contributed by atoms with Crippen LogP contribution < -0.4 is 33.2 Å². The van der Waals surface area contributed by atoms with Crippen molar-refractivity contribution in [3.63, 3.8) is 0 Å². The molecule has 0 aliphatic rings. The molecular formula is C18H31N9O5S. The Morgan fingerprint density at radius 2 is 1.79 bits per heavy atom. The predicted molar refractivity (Wildman–Crippen MR) is 123 cm³/mol. The molecule has 0 radical (unpaired) electrons. The van der Waals surface area contributed by atoms with E-state index in [2.05, 4.69) is 43.5 Å². The Balaban J connectivity index is 2.82. The Bertz CT molecular complexity index is 829. The van der Waals surface area contributed by atoms with E-state index in [0.717, 1.165) is 0 Å². The minimum atomic E-state index is -1.23. The van der Waals surface area contributed by atoms with Crippen LogP contribution in [0.5, 0.6) is 0 Å². The molecule has 11 N–H and O–H groups in total. The summed E-state index contributed by atoms with van der Waals surface area (Å²) in [5.74, 6) is -3.38. The number of imidazole rings is 1. The van der Waals surface area contributed by atoms with E-state index < -0.39 is 47.9 Å². The molecule has 0 aliphatic carbocycles. The smallest absolute Gasteiger partial charge is 0.325 e. The van der Waals surface area contributed by atoms with Gasteiger partial charge in [-0.2, -0.15) is 12.6 Å². The second-order valence-electron chi connectivity index (χ2n) is 7.21. The standard InChI is InChI=1S/C18H31N9O5S/c1-9(17(31)32)25-16(30)13(7-33)27-15(29)12(5-10-6-22-8-24-10)26-14(28)11(19)3-2-4-23-18(20)21/h6,8-9,11-13,33H,2-5,7,19H2,1H3,(H,22,24)(H,25,30)(H,26,28)(H,27,29)(H,31,32)(H4,20,21,23). The number of aromatic nitrogens is 2. The van der Waals surface area contributed by atoms with Crippen LogP contribution in [0.25, 0.3) is 0 Å². The maximum absolute atomic E-state index is 12.9. The quantitative estimate of drug-likeness (QED) is 0.0557. The van der Waals surface area contributed by atoms with E-state index in [0.29, 0.717) is 18.7 Å². The number of thiol groups is 1. The third kappa shape index (κ3) is 10.2. The second-order valence-corrected chi connectivity index (χ2v) is 7.57. The first-order valence-electron chi connectivity index (χ1n) is 10.1. The van der Waals surface area contributed by atoms with Gasteiger partial charge in [-0.05, 0) is 19.8 Å². The lowest BCUT2D eigenvalue weighted by molar-refractivity contribution is -0.141. The molecule has 0 saturated heterocycles. The molecule has 15 heteroatoms. The zero-order chi connectivity index (χ0) is 25.0. The predicted octanol–water partition coefficient (Wildman–Crippen LogP) is -3.18. The first kappa shape index (κ1) is 27.7. The molecule has 0 aromatic carbocycles. The molecule has 33 heavy (non-hydrogen) atoms. The summed E-state index contributed by atoms with van der Waals surface area (Å²) in [6.07, 6.45) is 3.67. The number of carboxylic acid groups (broad SMARTS) is 1. The average molecular weight is 486 g/mol. The molecule has 184 valence electrons. The van der Waals surface area contributed by atoms with Gasteiger partial charge in [-0.3, -0.25) is 24.2 Å². The third-order valence-corrected chi connectivity index (χ3v) is 4.83.